The maximum Gasteiger partial charge on any atom is 0.243 e. The third-order valence-electron chi connectivity index (χ3n) is 4.05. The number of anilines is 1. The van der Waals surface area contributed by atoms with Crippen molar-refractivity contribution in [1.29, 1.82) is 0 Å². The van der Waals surface area contributed by atoms with E-state index in [4.69, 9.17) is 4.74 Å². The average molecular weight is 348 g/mol. The molecule has 1 aliphatic rings. The number of nitrogens with zero attached hydrogens (tertiary/aromatic N) is 4. The second-order valence-corrected chi connectivity index (χ2v) is 7.52. The Bertz CT molecular complexity index is 800. The molecule has 0 bridgehead atoms. The van der Waals surface area contributed by atoms with Gasteiger partial charge in [0.15, 0.2) is 0 Å². The van der Waals surface area contributed by atoms with Crippen LogP contribution >= 0.6 is 0 Å². The molecule has 0 saturated carbocycles. The van der Waals surface area contributed by atoms with Crippen LogP contribution in [0.1, 0.15) is 5.69 Å². The first-order valence-corrected chi connectivity index (χ1v) is 9.12. The third-order valence-corrected chi connectivity index (χ3v) is 5.96. The molecule has 0 amide bonds. The Morgan fingerprint density at radius 2 is 1.71 bits per heavy atom. The molecule has 1 aromatic carbocycles. The first-order chi connectivity index (χ1) is 11.5. The molecule has 128 valence electrons. The van der Waals surface area contributed by atoms with E-state index in [-0.39, 0.29) is 4.90 Å². The topological polar surface area (TPSA) is 75.6 Å². The molecule has 2 aromatic rings. The van der Waals surface area contributed by atoms with Gasteiger partial charge in [-0.1, -0.05) is 0 Å². The van der Waals surface area contributed by atoms with Crippen LogP contribution in [0.5, 0.6) is 5.75 Å². The van der Waals surface area contributed by atoms with Gasteiger partial charge in [-0.2, -0.15) is 4.31 Å². The molecule has 2 heterocycles. The summed E-state index contributed by atoms with van der Waals surface area (Å²) in [5.74, 6) is 1.47. The van der Waals surface area contributed by atoms with Crippen molar-refractivity contribution in [3.8, 4) is 5.75 Å². The summed E-state index contributed by atoms with van der Waals surface area (Å²) >= 11 is 0. The molecular formula is C16H20N4O3S. The van der Waals surface area contributed by atoms with Gasteiger partial charge < -0.3 is 9.64 Å². The van der Waals surface area contributed by atoms with Crippen molar-refractivity contribution in [3.05, 3.63) is 42.4 Å². The highest BCUT2D eigenvalue weighted by molar-refractivity contribution is 7.89. The first kappa shape index (κ1) is 16.7. The molecule has 0 radical (unpaired) electrons. The molecule has 1 fully saturated rings. The number of piperazine rings is 1. The van der Waals surface area contributed by atoms with Crippen LogP contribution in [0.25, 0.3) is 0 Å². The van der Waals surface area contributed by atoms with Crippen LogP contribution in [-0.4, -0.2) is 56.0 Å². The number of hydrogen-bond donors (Lipinski definition) is 0. The van der Waals surface area contributed by atoms with Crippen LogP contribution < -0.4 is 9.64 Å². The Morgan fingerprint density at radius 1 is 1.04 bits per heavy atom. The van der Waals surface area contributed by atoms with Crippen molar-refractivity contribution in [2.45, 2.75) is 11.8 Å². The molecule has 0 aliphatic carbocycles. The molecule has 24 heavy (non-hydrogen) atoms. The van der Waals surface area contributed by atoms with E-state index in [1.807, 2.05) is 13.0 Å². The van der Waals surface area contributed by atoms with Crippen LogP contribution in [0.2, 0.25) is 0 Å². The van der Waals surface area contributed by atoms with Crippen molar-refractivity contribution in [2.75, 3.05) is 38.2 Å². The maximum atomic E-state index is 12.7. The molecular weight excluding hydrogens is 328 g/mol. The molecule has 0 unspecified atom stereocenters. The lowest BCUT2D eigenvalue weighted by Gasteiger charge is -2.34. The van der Waals surface area contributed by atoms with E-state index in [2.05, 4.69) is 14.9 Å². The number of aromatic nitrogens is 2. The number of benzene rings is 1. The molecule has 1 saturated heterocycles. The summed E-state index contributed by atoms with van der Waals surface area (Å²) in [6.07, 6.45) is 1.53. The normalized spacial score (nSPS) is 16.2. The van der Waals surface area contributed by atoms with Gasteiger partial charge in [0, 0.05) is 37.9 Å². The van der Waals surface area contributed by atoms with Crippen LogP contribution in [0.4, 0.5) is 5.82 Å². The average Bonchev–Trinajstić information content (AvgIpc) is 2.62. The van der Waals surface area contributed by atoms with Gasteiger partial charge in [0.05, 0.1) is 12.0 Å². The molecule has 0 N–H and O–H groups in total. The SMILES string of the molecule is COc1ccc(S(=O)(=O)N2CCN(c3cc(C)ncn3)CC2)cc1. The zero-order chi connectivity index (χ0) is 17.2. The summed E-state index contributed by atoms with van der Waals surface area (Å²) in [4.78, 5) is 10.7. The fourth-order valence-corrected chi connectivity index (χ4v) is 4.09. The summed E-state index contributed by atoms with van der Waals surface area (Å²) in [7, 11) is -1.93. The van der Waals surface area contributed by atoms with Gasteiger partial charge >= 0.3 is 0 Å². The number of ether oxygens (including phenoxy) is 1. The first-order valence-electron chi connectivity index (χ1n) is 7.68. The molecule has 8 heteroatoms. The van der Waals surface area contributed by atoms with Gasteiger partial charge in [0.25, 0.3) is 0 Å². The second-order valence-electron chi connectivity index (χ2n) is 5.58. The molecule has 1 aliphatic heterocycles. The summed E-state index contributed by atoms with van der Waals surface area (Å²) in [6, 6.07) is 8.38. The summed E-state index contributed by atoms with van der Waals surface area (Å²) in [5, 5.41) is 0. The van der Waals surface area contributed by atoms with Gasteiger partial charge in [0.2, 0.25) is 10.0 Å². The van der Waals surface area contributed by atoms with Crippen molar-refractivity contribution >= 4 is 15.8 Å². The standard InChI is InChI=1S/C16H20N4O3S/c1-13-11-16(18-12-17-13)19-7-9-20(10-8-19)24(21,22)15-5-3-14(23-2)4-6-15/h3-6,11-12H,7-10H2,1-2H3. The number of sulfonamides is 1. The fourth-order valence-electron chi connectivity index (χ4n) is 2.67. The van der Waals surface area contributed by atoms with Crippen molar-refractivity contribution in [3.63, 3.8) is 0 Å². The molecule has 0 spiro atoms. The van der Waals surface area contributed by atoms with Crippen LogP contribution in [0.15, 0.2) is 41.6 Å². The summed E-state index contributed by atoms with van der Waals surface area (Å²) in [6.45, 7) is 3.97. The number of rotatable bonds is 4. The number of aryl methyl sites for hydroxylation is 1. The Labute approximate surface area is 142 Å². The van der Waals surface area contributed by atoms with Crippen LogP contribution in [-0.2, 0) is 10.0 Å². The second kappa shape index (κ2) is 6.74. The maximum absolute atomic E-state index is 12.7. The van der Waals surface area contributed by atoms with E-state index in [1.165, 1.54) is 10.6 Å². The zero-order valence-corrected chi connectivity index (χ0v) is 14.5. The lowest BCUT2D eigenvalue weighted by Crippen LogP contribution is -2.48. The van der Waals surface area contributed by atoms with E-state index in [1.54, 1.807) is 31.4 Å². The predicted octanol–water partition coefficient (Wildman–Crippen LogP) is 1.30. The van der Waals surface area contributed by atoms with Crippen molar-refractivity contribution in [2.24, 2.45) is 0 Å². The predicted molar refractivity (Wildman–Crippen MR) is 90.7 cm³/mol. The van der Waals surface area contributed by atoms with E-state index in [0.717, 1.165) is 11.5 Å². The van der Waals surface area contributed by atoms with E-state index >= 15 is 0 Å². The quantitative estimate of drug-likeness (QED) is 0.829. The third kappa shape index (κ3) is 3.34. The van der Waals surface area contributed by atoms with E-state index in [0.29, 0.717) is 31.9 Å². The number of methoxy groups -OCH3 is 1. The molecule has 0 atom stereocenters. The lowest BCUT2D eigenvalue weighted by atomic mass is 10.3. The lowest BCUT2D eigenvalue weighted by molar-refractivity contribution is 0.383. The van der Waals surface area contributed by atoms with Crippen LogP contribution in [0, 0.1) is 6.92 Å². The molecule has 3 rings (SSSR count). The Kier molecular flexibility index (Phi) is 4.68. The summed E-state index contributed by atoms with van der Waals surface area (Å²) in [5.41, 5.74) is 0.897. The molecule has 1 aromatic heterocycles. The van der Waals surface area contributed by atoms with E-state index in [9.17, 15) is 8.42 Å². The highest BCUT2D eigenvalue weighted by Crippen LogP contribution is 2.22. The van der Waals surface area contributed by atoms with Gasteiger partial charge in [-0.05, 0) is 31.2 Å². The van der Waals surface area contributed by atoms with Gasteiger partial charge in [-0.3, -0.25) is 0 Å². The van der Waals surface area contributed by atoms with Gasteiger partial charge in [0.1, 0.15) is 17.9 Å². The minimum Gasteiger partial charge on any atom is -0.497 e. The number of hydrogen-bond acceptors (Lipinski definition) is 6. The minimum absolute atomic E-state index is 0.287. The van der Waals surface area contributed by atoms with Crippen LogP contribution in [0.3, 0.4) is 0 Å². The summed E-state index contributed by atoms with van der Waals surface area (Å²) < 4.78 is 32.0. The Morgan fingerprint density at radius 3 is 2.29 bits per heavy atom. The largest absolute Gasteiger partial charge is 0.497 e. The highest BCUT2D eigenvalue weighted by atomic mass is 32.2. The minimum atomic E-state index is -3.48. The van der Waals surface area contributed by atoms with Crippen molar-refractivity contribution in [1.82, 2.24) is 14.3 Å². The van der Waals surface area contributed by atoms with Gasteiger partial charge in [-0.25, -0.2) is 18.4 Å². The molecule has 7 nitrogen and oxygen atoms in total. The smallest absolute Gasteiger partial charge is 0.243 e. The Balaban J connectivity index is 1.71. The van der Waals surface area contributed by atoms with E-state index < -0.39 is 10.0 Å². The highest BCUT2D eigenvalue weighted by Gasteiger charge is 2.28. The monoisotopic (exact) mass is 348 g/mol. The van der Waals surface area contributed by atoms with Crippen molar-refractivity contribution < 1.29 is 13.2 Å². The Hall–Kier alpha value is -2.19. The fraction of sp³-hybridized carbons (Fsp3) is 0.375. The van der Waals surface area contributed by atoms with Gasteiger partial charge in [-0.15, -0.1) is 0 Å². The zero-order valence-electron chi connectivity index (χ0n) is 13.7.